The molecule has 140 valence electrons. The maximum absolute atomic E-state index is 12.4. The Hall–Kier alpha value is -2.60. The SMILES string of the molecule is Cc1cc(C)c(OCc2c(C3CC3)cccc2-n2nnn(C)c2=O)cc1Cl. The number of nitrogens with zero attached hydrogens (tertiary/aromatic N) is 4. The van der Waals surface area contributed by atoms with Crippen molar-refractivity contribution in [1.29, 1.82) is 0 Å². The van der Waals surface area contributed by atoms with E-state index in [2.05, 4.69) is 16.5 Å². The van der Waals surface area contributed by atoms with E-state index in [9.17, 15) is 4.79 Å². The van der Waals surface area contributed by atoms with Gasteiger partial charge in [0.1, 0.15) is 12.4 Å². The molecule has 1 fully saturated rings. The Balaban J connectivity index is 1.74. The highest BCUT2D eigenvalue weighted by Crippen LogP contribution is 2.43. The lowest BCUT2D eigenvalue weighted by Crippen LogP contribution is -2.23. The number of rotatable bonds is 5. The lowest BCUT2D eigenvalue weighted by Gasteiger charge is -2.16. The van der Waals surface area contributed by atoms with Crippen LogP contribution >= 0.6 is 11.6 Å². The largest absolute Gasteiger partial charge is 0.488 e. The molecule has 1 aliphatic carbocycles. The minimum absolute atomic E-state index is 0.279. The normalized spacial score (nSPS) is 13.8. The van der Waals surface area contributed by atoms with Crippen molar-refractivity contribution in [3.8, 4) is 11.4 Å². The Labute approximate surface area is 162 Å². The van der Waals surface area contributed by atoms with Crippen LogP contribution in [0.5, 0.6) is 5.75 Å². The summed E-state index contributed by atoms with van der Waals surface area (Å²) in [7, 11) is 1.59. The first-order valence-corrected chi connectivity index (χ1v) is 9.34. The van der Waals surface area contributed by atoms with Crippen LogP contribution in [0.15, 0.2) is 35.1 Å². The van der Waals surface area contributed by atoms with Crippen LogP contribution in [0.2, 0.25) is 5.02 Å². The number of ether oxygens (including phenoxy) is 1. The maximum atomic E-state index is 12.4. The van der Waals surface area contributed by atoms with E-state index in [4.69, 9.17) is 16.3 Å². The first-order valence-electron chi connectivity index (χ1n) is 8.96. The van der Waals surface area contributed by atoms with E-state index in [1.165, 1.54) is 14.9 Å². The number of hydrogen-bond donors (Lipinski definition) is 0. The predicted octanol–water partition coefficient (Wildman–Crippen LogP) is 3.69. The van der Waals surface area contributed by atoms with Crippen molar-refractivity contribution >= 4 is 11.6 Å². The molecule has 3 aromatic rings. The molecule has 0 amide bonds. The van der Waals surface area contributed by atoms with E-state index >= 15 is 0 Å². The van der Waals surface area contributed by atoms with Gasteiger partial charge in [-0.1, -0.05) is 29.8 Å². The quantitative estimate of drug-likeness (QED) is 0.673. The van der Waals surface area contributed by atoms with Gasteiger partial charge in [0.15, 0.2) is 0 Å². The number of halogens is 1. The van der Waals surface area contributed by atoms with Gasteiger partial charge in [0.25, 0.3) is 0 Å². The van der Waals surface area contributed by atoms with Crippen LogP contribution in [0.4, 0.5) is 0 Å². The molecule has 0 aliphatic heterocycles. The van der Waals surface area contributed by atoms with Crippen molar-refractivity contribution in [3.63, 3.8) is 0 Å². The van der Waals surface area contributed by atoms with Crippen LogP contribution in [0, 0.1) is 13.8 Å². The van der Waals surface area contributed by atoms with Crippen molar-refractivity contribution in [3.05, 3.63) is 68.1 Å². The molecule has 7 heteroatoms. The minimum Gasteiger partial charge on any atom is -0.488 e. The fourth-order valence-corrected chi connectivity index (χ4v) is 3.46. The number of aryl methyl sites for hydroxylation is 3. The Morgan fingerprint density at radius 2 is 1.96 bits per heavy atom. The van der Waals surface area contributed by atoms with Gasteiger partial charge in [0, 0.05) is 17.6 Å². The molecule has 0 spiro atoms. The van der Waals surface area contributed by atoms with Crippen LogP contribution in [-0.2, 0) is 13.7 Å². The van der Waals surface area contributed by atoms with Gasteiger partial charge in [-0.15, -0.1) is 0 Å². The highest BCUT2D eigenvalue weighted by molar-refractivity contribution is 6.31. The molecular formula is C20H21ClN4O2. The first-order chi connectivity index (χ1) is 13.0. The van der Waals surface area contributed by atoms with Gasteiger partial charge in [-0.2, -0.15) is 9.36 Å². The van der Waals surface area contributed by atoms with Gasteiger partial charge >= 0.3 is 5.69 Å². The zero-order chi connectivity index (χ0) is 19.1. The summed E-state index contributed by atoms with van der Waals surface area (Å²) in [6, 6.07) is 9.81. The van der Waals surface area contributed by atoms with E-state index < -0.39 is 0 Å². The van der Waals surface area contributed by atoms with Crippen LogP contribution in [0.3, 0.4) is 0 Å². The molecule has 27 heavy (non-hydrogen) atoms. The van der Waals surface area contributed by atoms with Crippen LogP contribution in [-0.4, -0.2) is 19.8 Å². The lowest BCUT2D eigenvalue weighted by molar-refractivity contribution is 0.302. The average Bonchev–Trinajstić information content (AvgIpc) is 3.43. The van der Waals surface area contributed by atoms with Crippen molar-refractivity contribution in [1.82, 2.24) is 19.8 Å². The molecule has 4 rings (SSSR count). The Kier molecular flexibility index (Phi) is 4.52. The van der Waals surface area contributed by atoms with E-state index in [0.717, 1.165) is 35.3 Å². The summed E-state index contributed by atoms with van der Waals surface area (Å²) in [6.07, 6.45) is 2.31. The van der Waals surface area contributed by atoms with Gasteiger partial charge in [0.2, 0.25) is 0 Å². The summed E-state index contributed by atoms with van der Waals surface area (Å²) in [4.78, 5) is 12.4. The molecule has 1 heterocycles. The molecule has 2 aromatic carbocycles. The van der Waals surface area contributed by atoms with E-state index in [1.54, 1.807) is 7.05 Å². The van der Waals surface area contributed by atoms with Crippen LogP contribution < -0.4 is 10.4 Å². The predicted molar refractivity (Wildman–Crippen MR) is 104 cm³/mol. The average molecular weight is 385 g/mol. The zero-order valence-corrected chi connectivity index (χ0v) is 16.3. The van der Waals surface area contributed by atoms with Crippen LogP contribution in [0.25, 0.3) is 5.69 Å². The van der Waals surface area contributed by atoms with Crippen LogP contribution in [0.1, 0.15) is 41.0 Å². The van der Waals surface area contributed by atoms with Crippen molar-refractivity contribution < 1.29 is 4.74 Å². The highest BCUT2D eigenvalue weighted by Gasteiger charge is 2.28. The van der Waals surface area contributed by atoms with E-state index in [1.807, 2.05) is 38.1 Å². The molecular weight excluding hydrogens is 364 g/mol. The lowest BCUT2D eigenvalue weighted by atomic mass is 10.0. The third-order valence-corrected chi connectivity index (χ3v) is 5.39. The van der Waals surface area contributed by atoms with Gasteiger partial charge < -0.3 is 4.74 Å². The molecule has 1 aromatic heterocycles. The number of benzene rings is 2. The van der Waals surface area contributed by atoms with Gasteiger partial charge in [-0.25, -0.2) is 4.79 Å². The molecule has 0 unspecified atom stereocenters. The minimum atomic E-state index is -0.279. The smallest absolute Gasteiger partial charge is 0.368 e. The molecule has 0 saturated heterocycles. The second-order valence-corrected chi connectivity index (χ2v) is 7.48. The number of hydrogen-bond acceptors (Lipinski definition) is 4. The Bertz CT molecular complexity index is 1070. The fourth-order valence-electron chi connectivity index (χ4n) is 3.30. The first kappa shape index (κ1) is 17.8. The van der Waals surface area contributed by atoms with Crippen molar-refractivity contribution in [2.24, 2.45) is 7.05 Å². The molecule has 0 radical (unpaired) electrons. The van der Waals surface area contributed by atoms with E-state index in [-0.39, 0.29) is 5.69 Å². The fraction of sp³-hybridized carbons (Fsp3) is 0.350. The molecule has 1 aliphatic rings. The Morgan fingerprint density at radius 3 is 2.63 bits per heavy atom. The standard InChI is InChI=1S/C20H21ClN4O2/c1-12-9-13(2)19(10-17(12)21)27-11-16-15(14-7-8-14)5-4-6-18(16)25-20(26)24(3)22-23-25/h4-6,9-10,14H,7-8,11H2,1-3H3. The summed E-state index contributed by atoms with van der Waals surface area (Å²) in [5, 5.41) is 8.52. The van der Waals surface area contributed by atoms with Gasteiger partial charge in [0.05, 0.1) is 5.69 Å². The summed E-state index contributed by atoms with van der Waals surface area (Å²) in [5.41, 5.74) is 4.66. The van der Waals surface area contributed by atoms with E-state index in [0.29, 0.717) is 23.2 Å². The summed E-state index contributed by atoms with van der Waals surface area (Å²) in [5.74, 6) is 1.26. The highest BCUT2D eigenvalue weighted by atomic mass is 35.5. The molecule has 0 bridgehead atoms. The topological polar surface area (TPSA) is 61.9 Å². The second-order valence-electron chi connectivity index (χ2n) is 7.07. The molecule has 1 saturated carbocycles. The molecule has 0 atom stereocenters. The maximum Gasteiger partial charge on any atom is 0.368 e. The monoisotopic (exact) mass is 384 g/mol. The second kappa shape index (κ2) is 6.85. The van der Waals surface area contributed by atoms with Gasteiger partial charge in [-0.05, 0) is 71.9 Å². The number of aromatic nitrogens is 4. The third kappa shape index (κ3) is 3.37. The molecule has 0 N–H and O–H groups in total. The van der Waals surface area contributed by atoms with Crippen molar-refractivity contribution in [2.45, 2.75) is 39.2 Å². The third-order valence-electron chi connectivity index (χ3n) is 4.98. The summed E-state index contributed by atoms with van der Waals surface area (Å²) >= 11 is 6.26. The number of tetrazole rings is 1. The Morgan fingerprint density at radius 1 is 1.19 bits per heavy atom. The van der Waals surface area contributed by atoms with Crippen molar-refractivity contribution in [2.75, 3.05) is 0 Å². The summed E-state index contributed by atoms with van der Waals surface area (Å²) < 4.78 is 8.68. The zero-order valence-electron chi connectivity index (χ0n) is 15.6. The van der Waals surface area contributed by atoms with Gasteiger partial charge in [-0.3, -0.25) is 0 Å². The summed E-state index contributed by atoms with van der Waals surface area (Å²) in [6.45, 7) is 4.31. The molecule has 6 nitrogen and oxygen atoms in total.